The van der Waals surface area contributed by atoms with Gasteiger partial charge in [0.25, 0.3) is 0 Å². The summed E-state index contributed by atoms with van der Waals surface area (Å²) in [5, 5.41) is 9.63. The molecule has 1 nitrogen and oxygen atoms in total. The highest BCUT2D eigenvalue weighted by Gasteiger charge is 2.39. The van der Waals surface area contributed by atoms with Crippen molar-refractivity contribution in [3.63, 3.8) is 0 Å². The molecular formula is C16H21N. The summed E-state index contributed by atoms with van der Waals surface area (Å²) < 4.78 is 0. The highest BCUT2D eigenvalue weighted by Crippen LogP contribution is 2.43. The van der Waals surface area contributed by atoms with Gasteiger partial charge in [0, 0.05) is 0 Å². The number of hydrogen-bond donors (Lipinski definition) is 0. The number of nitrogens with zero attached hydrogens (tertiary/aromatic N) is 1. The molecule has 0 heterocycles. The van der Waals surface area contributed by atoms with Crippen LogP contribution in [0.3, 0.4) is 0 Å². The standard InChI is InChI=1S/C16H21N/c1-3-6-13(2)11-16(12-17)10-9-14-7-4-5-8-15(14)16/h4-5,7-8,13H,3,6,9-11H2,1-2H3. The Bertz CT molecular complexity index is 429. The van der Waals surface area contributed by atoms with E-state index in [4.69, 9.17) is 0 Å². The van der Waals surface area contributed by atoms with Gasteiger partial charge in [-0.25, -0.2) is 0 Å². The molecule has 0 aromatic heterocycles. The summed E-state index contributed by atoms with van der Waals surface area (Å²) in [7, 11) is 0. The second-order valence-electron chi connectivity index (χ2n) is 5.45. The van der Waals surface area contributed by atoms with E-state index < -0.39 is 0 Å². The van der Waals surface area contributed by atoms with Crippen LogP contribution in [0.2, 0.25) is 0 Å². The minimum absolute atomic E-state index is 0.203. The molecule has 17 heavy (non-hydrogen) atoms. The zero-order valence-electron chi connectivity index (χ0n) is 10.9. The first-order chi connectivity index (χ1) is 8.22. The molecule has 0 saturated carbocycles. The van der Waals surface area contributed by atoms with Gasteiger partial charge in [-0.3, -0.25) is 0 Å². The molecule has 1 aliphatic carbocycles. The molecule has 0 bridgehead atoms. The SMILES string of the molecule is CCCC(C)CC1(C#N)CCc2ccccc21. The molecule has 0 radical (unpaired) electrons. The summed E-state index contributed by atoms with van der Waals surface area (Å²) >= 11 is 0. The number of nitriles is 1. The summed E-state index contributed by atoms with van der Waals surface area (Å²) in [6.07, 6.45) is 5.55. The Labute approximate surface area is 104 Å². The molecule has 0 spiro atoms. The van der Waals surface area contributed by atoms with Gasteiger partial charge < -0.3 is 0 Å². The Balaban J connectivity index is 2.26. The van der Waals surface area contributed by atoms with Gasteiger partial charge in [0.15, 0.2) is 0 Å². The first kappa shape index (κ1) is 12.2. The monoisotopic (exact) mass is 227 g/mol. The molecule has 0 N–H and O–H groups in total. The Morgan fingerprint density at radius 1 is 1.41 bits per heavy atom. The van der Waals surface area contributed by atoms with Crippen LogP contribution in [0.15, 0.2) is 24.3 Å². The van der Waals surface area contributed by atoms with Gasteiger partial charge in [-0.15, -0.1) is 0 Å². The summed E-state index contributed by atoms with van der Waals surface area (Å²) in [5.41, 5.74) is 2.48. The van der Waals surface area contributed by atoms with Gasteiger partial charge in [0.1, 0.15) is 0 Å². The average Bonchev–Trinajstić information content (AvgIpc) is 2.70. The number of fused-ring (bicyclic) bond motifs is 1. The van der Waals surface area contributed by atoms with E-state index >= 15 is 0 Å². The van der Waals surface area contributed by atoms with Crippen molar-refractivity contribution in [1.29, 1.82) is 5.26 Å². The highest BCUT2D eigenvalue weighted by atomic mass is 14.4. The summed E-state index contributed by atoms with van der Waals surface area (Å²) in [4.78, 5) is 0. The van der Waals surface area contributed by atoms with Gasteiger partial charge in [0.2, 0.25) is 0 Å². The van der Waals surface area contributed by atoms with E-state index in [0.717, 1.165) is 19.3 Å². The zero-order chi connectivity index (χ0) is 12.3. The smallest absolute Gasteiger partial charge is 0.0830 e. The maximum atomic E-state index is 9.63. The molecular weight excluding hydrogens is 206 g/mol. The van der Waals surface area contributed by atoms with Crippen LogP contribution in [-0.2, 0) is 11.8 Å². The average molecular weight is 227 g/mol. The minimum atomic E-state index is -0.203. The van der Waals surface area contributed by atoms with E-state index in [9.17, 15) is 5.26 Å². The topological polar surface area (TPSA) is 23.8 Å². The number of benzene rings is 1. The summed E-state index contributed by atoms with van der Waals surface area (Å²) in [5.74, 6) is 0.644. The lowest BCUT2D eigenvalue weighted by atomic mass is 9.75. The van der Waals surface area contributed by atoms with Crippen LogP contribution in [0.1, 0.15) is 50.7 Å². The Hall–Kier alpha value is -1.29. The van der Waals surface area contributed by atoms with Gasteiger partial charge in [-0.05, 0) is 36.3 Å². The van der Waals surface area contributed by atoms with Crippen molar-refractivity contribution >= 4 is 0 Å². The van der Waals surface area contributed by atoms with Crippen molar-refractivity contribution in [2.24, 2.45) is 5.92 Å². The van der Waals surface area contributed by atoms with Crippen LogP contribution in [0.5, 0.6) is 0 Å². The number of rotatable bonds is 4. The molecule has 2 unspecified atom stereocenters. The fourth-order valence-corrected chi connectivity index (χ4v) is 3.25. The van der Waals surface area contributed by atoms with Crippen LogP contribution in [0.4, 0.5) is 0 Å². The van der Waals surface area contributed by atoms with Crippen LogP contribution in [-0.4, -0.2) is 0 Å². The normalized spacial score (nSPS) is 24.1. The van der Waals surface area contributed by atoms with Gasteiger partial charge in [-0.1, -0.05) is 51.0 Å². The van der Waals surface area contributed by atoms with Crippen molar-refractivity contribution < 1.29 is 0 Å². The third-order valence-electron chi connectivity index (χ3n) is 4.05. The van der Waals surface area contributed by atoms with Crippen molar-refractivity contribution in [1.82, 2.24) is 0 Å². The fraction of sp³-hybridized carbons (Fsp3) is 0.562. The molecule has 0 amide bonds. The first-order valence-corrected chi connectivity index (χ1v) is 6.71. The van der Waals surface area contributed by atoms with Crippen LogP contribution in [0, 0.1) is 17.2 Å². The molecule has 0 aliphatic heterocycles. The molecule has 0 fully saturated rings. The summed E-state index contributed by atoms with van der Waals surface area (Å²) in [6, 6.07) is 11.1. The zero-order valence-corrected chi connectivity index (χ0v) is 10.9. The Morgan fingerprint density at radius 3 is 2.88 bits per heavy atom. The quantitative estimate of drug-likeness (QED) is 0.755. The van der Waals surface area contributed by atoms with Crippen LogP contribution in [0.25, 0.3) is 0 Å². The van der Waals surface area contributed by atoms with Crippen molar-refractivity contribution in [2.45, 2.75) is 51.4 Å². The minimum Gasteiger partial charge on any atom is -0.197 e. The maximum Gasteiger partial charge on any atom is 0.0830 e. The van der Waals surface area contributed by atoms with Crippen molar-refractivity contribution in [3.8, 4) is 6.07 Å². The number of aryl methyl sites for hydroxylation is 1. The first-order valence-electron chi connectivity index (χ1n) is 6.71. The molecule has 1 aliphatic rings. The van der Waals surface area contributed by atoms with Gasteiger partial charge in [-0.2, -0.15) is 5.26 Å². The Morgan fingerprint density at radius 2 is 2.18 bits per heavy atom. The third kappa shape index (κ3) is 2.22. The molecule has 0 saturated heterocycles. The van der Waals surface area contributed by atoms with E-state index in [1.54, 1.807) is 0 Å². The third-order valence-corrected chi connectivity index (χ3v) is 4.05. The van der Waals surface area contributed by atoms with E-state index in [1.165, 1.54) is 24.0 Å². The molecule has 2 rings (SSSR count). The lowest BCUT2D eigenvalue weighted by Crippen LogP contribution is -2.23. The lowest BCUT2D eigenvalue weighted by molar-refractivity contribution is 0.376. The second-order valence-corrected chi connectivity index (χ2v) is 5.45. The lowest BCUT2D eigenvalue weighted by Gasteiger charge is -2.25. The van der Waals surface area contributed by atoms with Crippen molar-refractivity contribution in [3.05, 3.63) is 35.4 Å². The van der Waals surface area contributed by atoms with E-state index in [0.29, 0.717) is 5.92 Å². The van der Waals surface area contributed by atoms with E-state index in [-0.39, 0.29) is 5.41 Å². The van der Waals surface area contributed by atoms with E-state index in [1.807, 2.05) is 0 Å². The van der Waals surface area contributed by atoms with Crippen LogP contribution >= 0.6 is 0 Å². The van der Waals surface area contributed by atoms with Crippen molar-refractivity contribution in [2.75, 3.05) is 0 Å². The summed E-state index contributed by atoms with van der Waals surface area (Å²) in [6.45, 7) is 4.50. The van der Waals surface area contributed by atoms with Gasteiger partial charge in [0.05, 0.1) is 11.5 Å². The van der Waals surface area contributed by atoms with Crippen LogP contribution < -0.4 is 0 Å². The molecule has 1 heteroatoms. The fourth-order valence-electron chi connectivity index (χ4n) is 3.25. The predicted molar refractivity (Wildman–Crippen MR) is 70.7 cm³/mol. The maximum absolute atomic E-state index is 9.63. The molecule has 1 aromatic carbocycles. The number of hydrogen-bond acceptors (Lipinski definition) is 1. The van der Waals surface area contributed by atoms with E-state index in [2.05, 4.69) is 44.2 Å². The molecule has 2 atom stereocenters. The molecule has 90 valence electrons. The Kier molecular flexibility index (Phi) is 3.52. The largest absolute Gasteiger partial charge is 0.197 e. The predicted octanol–water partition coefficient (Wildman–Crippen LogP) is 4.22. The van der Waals surface area contributed by atoms with Gasteiger partial charge >= 0.3 is 0 Å². The highest BCUT2D eigenvalue weighted by molar-refractivity contribution is 5.44. The molecule has 1 aromatic rings. The second kappa shape index (κ2) is 4.92.